The van der Waals surface area contributed by atoms with E-state index in [2.05, 4.69) is 0 Å². The SMILES string of the molecule is CCc1ccc(C(=O)N(C)CC(=O)N2CCC(C(=O)O)CC2)cc1[N+](=O)[O-]. The first kappa shape index (κ1) is 20.3. The van der Waals surface area contributed by atoms with E-state index in [1.54, 1.807) is 17.9 Å². The van der Waals surface area contributed by atoms with E-state index in [4.69, 9.17) is 5.11 Å². The summed E-state index contributed by atoms with van der Waals surface area (Å²) in [6.07, 6.45) is 1.26. The Kier molecular flexibility index (Phi) is 6.49. The first-order valence-electron chi connectivity index (χ1n) is 8.78. The van der Waals surface area contributed by atoms with Gasteiger partial charge in [-0.15, -0.1) is 0 Å². The first-order chi connectivity index (χ1) is 12.7. The fourth-order valence-corrected chi connectivity index (χ4v) is 3.14. The first-order valence-corrected chi connectivity index (χ1v) is 8.78. The molecule has 1 aromatic carbocycles. The predicted octanol–water partition coefficient (Wildman–Crippen LogP) is 1.55. The molecule has 9 heteroatoms. The van der Waals surface area contributed by atoms with E-state index in [0.717, 1.165) is 0 Å². The van der Waals surface area contributed by atoms with Crippen molar-refractivity contribution >= 4 is 23.5 Å². The molecular formula is C18H23N3O6. The number of aliphatic carboxylic acids is 1. The van der Waals surface area contributed by atoms with Crippen molar-refractivity contribution in [1.29, 1.82) is 0 Å². The van der Waals surface area contributed by atoms with E-state index in [1.165, 1.54) is 24.1 Å². The Bertz CT molecular complexity index is 755. The van der Waals surface area contributed by atoms with Crippen molar-refractivity contribution in [1.82, 2.24) is 9.80 Å². The van der Waals surface area contributed by atoms with Crippen LogP contribution in [0.25, 0.3) is 0 Å². The van der Waals surface area contributed by atoms with Crippen molar-refractivity contribution in [2.24, 2.45) is 5.92 Å². The summed E-state index contributed by atoms with van der Waals surface area (Å²) >= 11 is 0. The van der Waals surface area contributed by atoms with Gasteiger partial charge in [0.15, 0.2) is 0 Å². The minimum absolute atomic E-state index is 0.112. The fourth-order valence-electron chi connectivity index (χ4n) is 3.14. The molecule has 27 heavy (non-hydrogen) atoms. The summed E-state index contributed by atoms with van der Waals surface area (Å²) in [5.74, 6) is -2.04. The van der Waals surface area contributed by atoms with Gasteiger partial charge in [-0.05, 0) is 25.3 Å². The second kappa shape index (κ2) is 8.61. The second-order valence-corrected chi connectivity index (χ2v) is 6.61. The van der Waals surface area contributed by atoms with E-state index in [-0.39, 0.29) is 23.7 Å². The van der Waals surface area contributed by atoms with Crippen LogP contribution in [-0.4, -0.2) is 64.3 Å². The van der Waals surface area contributed by atoms with E-state index >= 15 is 0 Å². The van der Waals surface area contributed by atoms with Gasteiger partial charge in [0.1, 0.15) is 0 Å². The normalized spacial score (nSPS) is 14.7. The number of amides is 2. The van der Waals surface area contributed by atoms with Gasteiger partial charge in [0, 0.05) is 37.3 Å². The summed E-state index contributed by atoms with van der Waals surface area (Å²) in [5, 5.41) is 20.2. The molecule has 146 valence electrons. The Morgan fingerprint density at radius 2 is 1.93 bits per heavy atom. The highest BCUT2D eigenvalue weighted by molar-refractivity contribution is 5.97. The van der Waals surface area contributed by atoms with Gasteiger partial charge >= 0.3 is 5.97 Å². The molecule has 1 aliphatic heterocycles. The minimum atomic E-state index is -0.855. The maximum atomic E-state index is 12.5. The Balaban J connectivity index is 2.01. The quantitative estimate of drug-likeness (QED) is 0.593. The zero-order chi connectivity index (χ0) is 20.1. The van der Waals surface area contributed by atoms with Crippen LogP contribution in [0, 0.1) is 16.0 Å². The number of carboxylic acids is 1. The maximum Gasteiger partial charge on any atom is 0.306 e. The number of carbonyl (C=O) groups is 3. The third kappa shape index (κ3) is 4.81. The molecule has 0 spiro atoms. The van der Waals surface area contributed by atoms with Gasteiger partial charge in [-0.1, -0.05) is 13.0 Å². The number of benzene rings is 1. The summed E-state index contributed by atoms with van der Waals surface area (Å²) in [6, 6.07) is 4.31. The number of nitro benzene ring substituents is 1. The Morgan fingerprint density at radius 1 is 1.30 bits per heavy atom. The number of aryl methyl sites for hydroxylation is 1. The number of rotatable bonds is 6. The van der Waals surface area contributed by atoms with Crippen molar-refractivity contribution in [2.75, 3.05) is 26.7 Å². The topological polar surface area (TPSA) is 121 Å². The molecule has 1 heterocycles. The molecule has 1 fully saturated rings. The van der Waals surface area contributed by atoms with Crippen LogP contribution in [-0.2, 0) is 16.0 Å². The molecule has 1 N–H and O–H groups in total. The summed E-state index contributed by atoms with van der Waals surface area (Å²) < 4.78 is 0. The van der Waals surface area contributed by atoms with Crippen LogP contribution < -0.4 is 0 Å². The number of hydrogen-bond donors (Lipinski definition) is 1. The summed E-state index contributed by atoms with van der Waals surface area (Å²) in [5.41, 5.74) is 0.578. The maximum absolute atomic E-state index is 12.5. The van der Waals surface area contributed by atoms with Crippen LogP contribution in [0.15, 0.2) is 18.2 Å². The number of carbonyl (C=O) groups excluding carboxylic acids is 2. The second-order valence-electron chi connectivity index (χ2n) is 6.61. The van der Waals surface area contributed by atoms with Gasteiger partial charge in [-0.3, -0.25) is 24.5 Å². The molecule has 1 aromatic rings. The zero-order valence-corrected chi connectivity index (χ0v) is 15.4. The molecule has 0 atom stereocenters. The van der Waals surface area contributed by atoms with Crippen molar-refractivity contribution in [3.05, 3.63) is 39.4 Å². The summed E-state index contributed by atoms with van der Waals surface area (Å²) in [6.45, 7) is 2.31. The Morgan fingerprint density at radius 3 is 2.44 bits per heavy atom. The number of piperidine rings is 1. The fraction of sp³-hybridized carbons (Fsp3) is 0.500. The Hall–Kier alpha value is -2.97. The van der Waals surface area contributed by atoms with Crippen LogP contribution in [0.3, 0.4) is 0 Å². The van der Waals surface area contributed by atoms with Gasteiger partial charge < -0.3 is 14.9 Å². The van der Waals surface area contributed by atoms with Crippen LogP contribution >= 0.6 is 0 Å². The van der Waals surface area contributed by atoms with Gasteiger partial charge in [-0.25, -0.2) is 0 Å². The zero-order valence-electron chi connectivity index (χ0n) is 15.4. The molecule has 2 rings (SSSR count). The molecule has 0 aromatic heterocycles. The lowest BCUT2D eigenvalue weighted by molar-refractivity contribution is -0.385. The third-order valence-corrected chi connectivity index (χ3v) is 4.83. The van der Waals surface area contributed by atoms with Crippen LogP contribution in [0.1, 0.15) is 35.7 Å². The van der Waals surface area contributed by atoms with Crippen molar-refractivity contribution in [3.8, 4) is 0 Å². The highest BCUT2D eigenvalue weighted by Gasteiger charge is 2.28. The molecule has 0 radical (unpaired) electrons. The largest absolute Gasteiger partial charge is 0.481 e. The molecule has 1 saturated heterocycles. The molecular weight excluding hydrogens is 354 g/mol. The van der Waals surface area contributed by atoms with Gasteiger partial charge in [0.25, 0.3) is 11.6 Å². The number of likely N-dealkylation sites (tertiary alicyclic amines) is 1. The summed E-state index contributed by atoms with van der Waals surface area (Å²) in [4.78, 5) is 49.3. The molecule has 9 nitrogen and oxygen atoms in total. The average Bonchev–Trinajstić information content (AvgIpc) is 2.66. The predicted molar refractivity (Wildman–Crippen MR) is 96.4 cm³/mol. The molecule has 0 unspecified atom stereocenters. The highest BCUT2D eigenvalue weighted by Crippen LogP contribution is 2.22. The smallest absolute Gasteiger partial charge is 0.306 e. The number of carboxylic acid groups (broad SMARTS) is 1. The molecule has 0 aliphatic carbocycles. The average molecular weight is 377 g/mol. The molecule has 2 amide bonds. The highest BCUT2D eigenvalue weighted by atomic mass is 16.6. The minimum Gasteiger partial charge on any atom is -0.481 e. The number of likely N-dealkylation sites (N-methyl/N-ethyl adjacent to an activating group) is 1. The number of hydrogen-bond acceptors (Lipinski definition) is 5. The van der Waals surface area contributed by atoms with Gasteiger partial charge in [0.05, 0.1) is 17.4 Å². The molecule has 0 saturated carbocycles. The molecule has 0 bridgehead atoms. The van der Waals surface area contributed by atoms with E-state index in [9.17, 15) is 24.5 Å². The van der Waals surface area contributed by atoms with E-state index in [0.29, 0.717) is 37.9 Å². The lowest BCUT2D eigenvalue weighted by Crippen LogP contribution is -2.45. The van der Waals surface area contributed by atoms with Crippen LogP contribution in [0.2, 0.25) is 0 Å². The van der Waals surface area contributed by atoms with E-state index in [1.807, 2.05) is 0 Å². The third-order valence-electron chi connectivity index (χ3n) is 4.83. The number of nitro groups is 1. The lowest BCUT2D eigenvalue weighted by atomic mass is 9.97. The van der Waals surface area contributed by atoms with Gasteiger partial charge in [-0.2, -0.15) is 0 Å². The van der Waals surface area contributed by atoms with Crippen molar-refractivity contribution < 1.29 is 24.4 Å². The van der Waals surface area contributed by atoms with Crippen LogP contribution in [0.5, 0.6) is 0 Å². The van der Waals surface area contributed by atoms with Crippen molar-refractivity contribution in [2.45, 2.75) is 26.2 Å². The standard InChI is InChI=1S/C18H23N3O6/c1-3-12-4-5-14(10-15(12)21(26)27)17(23)19(2)11-16(22)20-8-6-13(7-9-20)18(24)25/h4-5,10,13H,3,6-9,11H2,1-2H3,(H,24,25). The van der Waals surface area contributed by atoms with Gasteiger partial charge in [0.2, 0.25) is 5.91 Å². The number of nitrogens with zero attached hydrogens (tertiary/aromatic N) is 3. The molecule has 1 aliphatic rings. The summed E-state index contributed by atoms with van der Waals surface area (Å²) in [7, 11) is 1.46. The lowest BCUT2D eigenvalue weighted by Gasteiger charge is -2.31. The van der Waals surface area contributed by atoms with E-state index < -0.39 is 22.7 Å². The van der Waals surface area contributed by atoms with Crippen LogP contribution in [0.4, 0.5) is 5.69 Å². The Labute approximate surface area is 156 Å². The van der Waals surface area contributed by atoms with Crippen molar-refractivity contribution in [3.63, 3.8) is 0 Å². The monoisotopic (exact) mass is 377 g/mol.